The van der Waals surface area contributed by atoms with Gasteiger partial charge in [-0.1, -0.05) is 6.07 Å². The molecule has 1 aliphatic heterocycles. The topological polar surface area (TPSA) is 48.4 Å². The van der Waals surface area contributed by atoms with Crippen LogP contribution in [0.5, 0.6) is 0 Å². The normalized spacial score (nSPS) is 20.0. The summed E-state index contributed by atoms with van der Waals surface area (Å²) in [6.07, 6.45) is 2.90. The van der Waals surface area contributed by atoms with Crippen molar-refractivity contribution < 1.29 is 5.11 Å². The molecule has 0 bridgehead atoms. The van der Waals surface area contributed by atoms with Crippen molar-refractivity contribution in [3.8, 4) is 0 Å². The van der Waals surface area contributed by atoms with Crippen LogP contribution in [0, 0.1) is 5.92 Å². The number of rotatable bonds is 4. The zero-order valence-electron chi connectivity index (χ0n) is 12.2. The molecule has 0 aliphatic carbocycles. The Kier molecular flexibility index (Phi) is 4.42. The van der Waals surface area contributed by atoms with Gasteiger partial charge in [-0.15, -0.1) is 0 Å². The van der Waals surface area contributed by atoms with E-state index >= 15 is 0 Å². The van der Waals surface area contributed by atoms with E-state index in [-0.39, 0.29) is 12.1 Å². The first-order valence-corrected chi connectivity index (χ1v) is 7.04. The highest BCUT2D eigenvalue weighted by Crippen LogP contribution is 2.25. The summed E-state index contributed by atoms with van der Waals surface area (Å²) < 4.78 is 0. The van der Waals surface area contributed by atoms with Crippen LogP contribution < -0.4 is 10.2 Å². The zero-order chi connectivity index (χ0) is 13.9. The molecule has 1 unspecified atom stereocenters. The predicted octanol–water partition coefficient (Wildman–Crippen LogP) is 1.79. The fourth-order valence-electron chi connectivity index (χ4n) is 2.39. The third kappa shape index (κ3) is 3.91. The molecule has 1 atom stereocenters. The van der Waals surface area contributed by atoms with E-state index in [0.29, 0.717) is 5.92 Å². The van der Waals surface area contributed by atoms with Gasteiger partial charge in [0.15, 0.2) is 0 Å². The second-order valence-electron chi connectivity index (χ2n) is 6.37. The van der Waals surface area contributed by atoms with E-state index in [2.05, 4.69) is 42.0 Å². The molecule has 0 spiro atoms. The van der Waals surface area contributed by atoms with Crippen LogP contribution in [0.25, 0.3) is 0 Å². The van der Waals surface area contributed by atoms with Gasteiger partial charge in [-0.3, -0.25) is 0 Å². The molecular formula is C15H25N3O. The van der Waals surface area contributed by atoms with Crippen LogP contribution in [0.3, 0.4) is 0 Å². The summed E-state index contributed by atoms with van der Waals surface area (Å²) in [6, 6.07) is 4.12. The van der Waals surface area contributed by atoms with Gasteiger partial charge >= 0.3 is 0 Å². The number of pyridine rings is 1. The van der Waals surface area contributed by atoms with Gasteiger partial charge < -0.3 is 15.3 Å². The molecule has 1 fully saturated rings. The molecule has 0 amide bonds. The smallest absolute Gasteiger partial charge is 0.133 e. The first kappa shape index (κ1) is 14.3. The number of aliphatic hydroxyl groups excluding tert-OH is 1. The summed E-state index contributed by atoms with van der Waals surface area (Å²) in [7, 11) is 0. The van der Waals surface area contributed by atoms with Gasteiger partial charge in [-0.25, -0.2) is 4.98 Å². The monoisotopic (exact) mass is 263 g/mol. The Morgan fingerprint density at radius 3 is 2.89 bits per heavy atom. The van der Waals surface area contributed by atoms with E-state index in [1.165, 1.54) is 5.56 Å². The van der Waals surface area contributed by atoms with Crippen LogP contribution in [0.15, 0.2) is 18.3 Å². The molecule has 4 heteroatoms. The molecule has 19 heavy (non-hydrogen) atoms. The summed E-state index contributed by atoms with van der Waals surface area (Å²) in [5.74, 6) is 1.46. The molecule has 106 valence electrons. The average molecular weight is 263 g/mol. The molecule has 2 heterocycles. The van der Waals surface area contributed by atoms with Crippen molar-refractivity contribution in [2.75, 3.05) is 24.6 Å². The number of hydrogen-bond acceptors (Lipinski definition) is 4. The summed E-state index contributed by atoms with van der Waals surface area (Å²) in [5.41, 5.74) is 1.34. The molecule has 1 saturated heterocycles. The molecule has 1 aromatic rings. The number of hydrogen-bond donors (Lipinski definition) is 2. The maximum atomic E-state index is 9.25. The van der Waals surface area contributed by atoms with E-state index in [4.69, 9.17) is 0 Å². The van der Waals surface area contributed by atoms with Gasteiger partial charge in [-0.2, -0.15) is 0 Å². The van der Waals surface area contributed by atoms with E-state index in [9.17, 15) is 5.11 Å². The third-order valence-corrected chi connectivity index (χ3v) is 3.52. The first-order chi connectivity index (χ1) is 8.99. The van der Waals surface area contributed by atoms with E-state index in [0.717, 1.165) is 31.9 Å². The van der Waals surface area contributed by atoms with Gasteiger partial charge in [-0.05, 0) is 33.3 Å². The number of nitrogens with zero attached hydrogens (tertiary/aromatic N) is 2. The minimum atomic E-state index is 0.103. The van der Waals surface area contributed by atoms with Gasteiger partial charge in [0.1, 0.15) is 5.82 Å². The van der Waals surface area contributed by atoms with Crippen LogP contribution in [-0.2, 0) is 6.54 Å². The van der Waals surface area contributed by atoms with Crippen LogP contribution in [-0.4, -0.2) is 35.3 Å². The van der Waals surface area contributed by atoms with Crippen LogP contribution >= 0.6 is 0 Å². The third-order valence-electron chi connectivity index (χ3n) is 3.52. The van der Waals surface area contributed by atoms with Gasteiger partial charge in [0.25, 0.3) is 0 Å². The predicted molar refractivity (Wildman–Crippen MR) is 78.2 cm³/mol. The molecule has 2 N–H and O–H groups in total. The Hall–Kier alpha value is -1.13. The lowest BCUT2D eigenvalue weighted by atomic mass is 10.1. The quantitative estimate of drug-likeness (QED) is 0.869. The summed E-state index contributed by atoms with van der Waals surface area (Å²) >= 11 is 0. The van der Waals surface area contributed by atoms with Crippen LogP contribution in [0.1, 0.15) is 32.8 Å². The Morgan fingerprint density at radius 1 is 1.47 bits per heavy atom. The van der Waals surface area contributed by atoms with E-state index in [1.54, 1.807) is 0 Å². The van der Waals surface area contributed by atoms with E-state index in [1.807, 2.05) is 12.3 Å². The summed E-state index contributed by atoms with van der Waals surface area (Å²) in [6.45, 7) is 9.51. The minimum Gasteiger partial charge on any atom is -0.396 e. The van der Waals surface area contributed by atoms with Gasteiger partial charge in [0.2, 0.25) is 0 Å². The fourth-order valence-corrected chi connectivity index (χ4v) is 2.39. The standard InChI is InChI=1S/C15H25N3O/c1-15(2,3)17-9-13-5-4-7-16-14(13)18-8-6-12(10-18)11-19/h4-5,7,12,17,19H,6,8-11H2,1-3H3. The number of anilines is 1. The van der Waals surface area contributed by atoms with Crippen molar-refractivity contribution in [1.82, 2.24) is 10.3 Å². The molecular weight excluding hydrogens is 238 g/mol. The van der Waals surface area contributed by atoms with Crippen molar-refractivity contribution in [3.05, 3.63) is 23.9 Å². The van der Waals surface area contributed by atoms with Crippen molar-refractivity contribution in [2.45, 2.75) is 39.3 Å². The summed E-state index contributed by atoms with van der Waals surface area (Å²) in [4.78, 5) is 6.83. The lowest BCUT2D eigenvalue weighted by molar-refractivity contribution is 0.238. The maximum absolute atomic E-state index is 9.25. The van der Waals surface area contributed by atoms with Gasteiger partial charge in [0, 0.05) is 49.5 Å². The van der Waals surface area contributed by atoms with Crippen molar-refractivity contribution in [3.63, 3.8) is 0 Å². The zero-order valence-corrected chi connectivity index (χ0v) is 12.2. The highest BCUT2D eigenvalue weighted by atomic mass is 16.3. The van der Waals surface area contributed by atoms with Gasteiger partial charge in [0.05, 0.1) is 0 Å². The molecule has 0 saturated carbocycles. The lowest BCUT2D eigenvalue weighted by Crippen LogP contribution is -2.35. The van der Waals surface area contributed by atoms with Crippen molar-refractivity contribution >= 4 is 5.82 Å². The Labute approximate surface area is 115 Å². The molecule has 1 aliphatic rings. The molecule has 0 radical (unpaired) electrons. The Morgan fingerprint density at radius 2 is 2.26 bits per heavy atom. The lowest BCUT2D eigenvalue weighted by Gasteiger charge is -2.24. The van der Waals surface area contributed by atoms with Crippen LogP contribution in [0.2, 0.25) is 0 Å². The second-order valence-corrected chi connectivity index (χ2v) is 6.37. The largest absolute Gasteiger partial charge is 0.396 e. The van der Waals surface area contributed by atoms with Crippen molar-refractivity contribution in [2.24, 2.45) is 5.92 Å². The molecule has 4 nitrogen and oxygen atoms in total. The summed E-state index contributed by atoms with van der Waals surface area (Å²) in [5, 5.41) is 12.8. The molecule has 2 rings (SSSR count). The minimum absolute atomic E-state index is 0.103. The highest BCUT2D eigenvalue weighted by Gasteiger charge is 2.24. The highest BCUT2D eigenvalue weighted by molar-refractivity contribution is 5.47. The SMILES string of the molecule is CC(C)(C)NCc1cccnc1N1CCC(CO)C1. The molecule has 1 aromatic heterocycles. The second kappa shape index (κ2) is 5.88. The average Bonchev–Trinajstić information content (AvgIpc) is 2.84. The molecule has 0 aromatic carbocycles. The number of aliphatic hydroxyl groups is 1. The number of aromatic nitrogens is 1. The van der Waals surface area contributed by atoms with Crippen LogP contribution in [0.4, 0.5) is 5.82 Å². The fraction of sp³-hybridized carbons (Fsp3) is 0.667. The van der Waals surface area contributed by atoms with E-state index < -0.39 is 0 Å². The first-order valence-electron chi connectivity index (χ1n) is 7.04. The maximum Gasteiger partial charge on any atom is 0.133 e. The Bertz CT molecular complexity index is 414. The number of nitrogens with one attached hydrogen (secondary N) is 1. The van der Waals surface area contributed by atoms with Crippen molar-refractivity contribution in [1.29, 1.82) is 0 Å². The Balaban J connectivity index is 2.08.